The lowest BCUT2D eigenvalue weighted by molar-refractivity contribution is 0.267. The molecule has 0 radical (unpaired) electrons. The van der Waals surface area contributed by atoms with Crippen molar-refractivity contribution >= 4 is 5.69 Å². The van der Waals surface area contributed by atoms with Crippen molar-refractivity contribution in [3.8, 4) is 5.75 Å². The summed E-state index contributed by atoms with van der Waals surface area (Å²) in [5.41, 5.74) is 10.2. The molecule has 0 bridgehead atoms. The van der Waals surface area contributed by atoms with E-state index in [0.29, 0.717) is 0 Å². The van der Waals surface area contributed by atoms with Crippen molar-refractivity contribution < 1.29 is 9.94 Å². The number of rotatable bonds is 1. The Hall–Kier alpha value is -1.52. The molecule has 1 unspecified atom stereocenters. The fourth-order valence-corrected chi connectivity index (χ4v) is 2.92. The van der Waals surface area contributed by atoms with Crippen molar-refractivity contribution in [1.82, 2.24) is 0 Å². The average molecular weight is 246 g/mol. The standard InChI is InChI=1S/C14H18N2O2/c1-18-9-6-7-13-11(8-9)14(15)10-4-2-3-5-12(10)16(13)17/h6-8,14,17H,2-5,15H2,1H3. The van der Waals surface area contributed by atoms with E-state index in [4.69, 9.17) is 10.5 Å². The average Bonchev–Trinajstić information content (AvgIpc) is 2.44. The van der Waals surface area contributed by atoms with E-state index in [1.54, 1.807) is 7.11 Å². The van der Waals surface area contributed by atoms with Crippen LogP contribution in [0.1, 0.15) is 37.3 Å². The summed E-state index contributed by atoms with van der Waals surface area (Å²) in [5, 5.41) is 11.6. The van der Waals surface area contributed by atoms with E-state index in [0.717, 1.165) is 48.4 Å². The molecular formula is C14H18N2O2. The Kier molecular flexibility index (Phi) is 2.76. The zero-order chi connectivity index (χ0) is 12.7. The van der Waals surface area contributed by atoms with Crippen LogP contribution in [-0.4, -0.2) is 12.3 Å². The topological polar surface area (TPSA) is 58.7 Å². The molecule has 4 nitrogen and oxygen atoms in total. The van der Waals surface area contributed by atoms with Crippen LogP contribution < -0.4 is 15.5 Å². The molecule has 3 rings (SSSR count). The first-order chi connectivity index (χ1) is 8.72. The number of nitrogens with two attached hydrogens (primary N) is 1. The Labute approximate surface area is 107 Å². The molecule has 0 saturated heterocycles. The normalized spacial score (nSPS) is 22.6. The molecule has 0 fully saturated rings. The Bertz CT molecular complexity index is 511. The Morgan fingerprint density at radius 1 is 1.33 bits per heavy atom. The second-order valence-electron chi connectivity index (χ2n) is 4.89. The third-order valence-corrected chi connectivity index (χ3v) is 3.91. The van der Waals surface area contributed by atoms with Gasteiger partial charge in [-0.05, 0) is 49.5 Å². The zero-order valence-corrected chi connectivity index (χ0v) is 10.5. The highest BCUT2D eigenvalue weighted by atomic mass is 16.5. The molecule has 0 spiro atoms. The molecule has 1 aromatic carbocycles. The van der Waals surface area contributed by atoms with E-state index in [2.05, 4.69) is 0 Å². The van der Waals surface area contributed by atoms with Gasteiger partial charge in [-0.2, -0.15) is 0 Å². The Morgan fingerprint density at radius 3 is 2.89 bits per heavy atom. The van der Waals surface area contributed by atoms with Gasteiger partial charge in [-0.25, -0.2) is 5.06 Å². The number of allylic oxidation sites excluding steroid dienone is 1. The van der Waals surface area contributed by atoms with E-state index in [1.807, 2.05) is 18.2 Å². The number of methoxy groups -OCH3 is 1. The van der Waals surface area contributed by atoms with E-state index in [9.17, 15) is 5.21 Å². The van der Waals surface area contributed by atoms with Crippen molar-refractivity contribution in [3.05, 3.63) is 35.0 Å². The SMILES string of the molecule is COc1ccc2c(c1)C(N)C1=C(CCCC1)N2O. The number of nitrogens with zero attached hydrogens (tertiary/aromatic N) is 1. The molecular weight excluding hydrogens is 228 g/mol. The van der Waals surface area contributed by atoms with E-state index in [1.165, 1.54) is 10.6 Å². The minimum absolute atomic E-state index is 0.117. The molecule has 2 aliphatic rings. The van der Waals surface area contributed by atoms with Gasteiger partial charge in [0.15, 0.2) is 0 Å². The third-order valence-electron chi connectivity index (χ3n) is 3.91. The van der Waals surface area contributed by atoms with Gasteiger partial charge in [-0.15, -0.1) is 0 Å². The van der Waals surface area contributed by atoms with Gasteiger partial charge in [-0.1, -0.05) is 0 Å². The first kappa shape index (κ1) is 11.6. The van der Waals surface area contributed by atoms with Crippen molar-refractivity contribution in [2.24, 2.45) is 5.73 Å². The number of fused-ring (bicyclic) bond motifs is 1. The number of benzene rings is 1. The molecule has 1 heterocycles. The second-order valence-corrected chi connectivity index (χ2v) is 4.89. The highest BCUT2D eigenvalue weighted by molar-refractivity contribution is 5.64. The molecule has 0 amide bonds. The van der Waals surface area contributed by atoms with E-state index >= 15 is 0 Å². The van der Waals surface area contributed by atoms with Crippen LogP contribution >= 0.6 is 0 Å². The number of hydrogen-bond acceptors (Lipinski definition) is 4. The lowest BCUT2D eigenvalue weighted by Gasteiger charge is -2.36. The van der Waals surface area contributed by atoms with Crippen LogP contribution in [0.15, 0.2) is 29.5 Å². The van der Waals surface area contributed by atoms with Crippen molar-refractivity contribution in [1.29, 1.82) is 0 Å². The van der Waals surface area contributed by atoms with Crippen LogP contribution in [-0.2, 0) is 0 Å². The van der Waals surface area contributed by atoms with Gasteiger partial charge in [0.05, 0.1) is 18.8 Å². The molecule has 0 aromatic heterocycles. The van der Waals surface area contributed by atoms with Crippen LogP contribution in [0.4, 0.5) is 5.69 Å². The van der Waals surface area contributed by atoms with Gasteiger partial charge in [-0.3, -0.25) is 5.21 Å². The van der Waals surface area contributed by atoms with E-state index in [-0.39, 0.29) is 6.04 Å². The number of ether oxygens (including phenoxy) is 1. The van der Waals surface area contributed by atoms with Gasteiger partial charge in [0.1, 0.15) is 5.75 Å². The smallest absolute Gasteiger partial charge is 0.119 e. The Balaban J connectivity index is 2.11. The van der Waals surface area contributed by atoms with Crippen molar-refractivity contribution in [2.45, 2.75) is 31.7 Å². The maximum Gasteiger partial charge on any atom is 0.119 e. The summed E-state index contributed by atoms with van der Waals surface area (Å²) in [7, 11) is 1.64. The molecule has 96 valence electrons. The molecule has 18 heavy (non-hydrogen) atoms. The summed E-state index contributed by atoms with van der Waals surface area (Å²) in [6.07, 6.45) is 4.16. The molecule has 1 aliphatic carbocycles. The highest BCUT2D eigenvalue weighted by Crippen LogP contribution is 2.44. The number of anilines is 1. The van der Waals surface area contributed by atoms with E-state index < -0.39 is 0 Å². The summed E-state index contributed by atoms with van der Waals surface area (Å²) in [6.45, 7) is 0. The van der Waals surface area contributed by atoms with Gasteiger partial charge in [0.2, 0.25) is 0 Å². The van der Waals surface area contributed by atoms with Gasteiger partial charge >= 0.3 is 0 Å². The lowest BCUT2D eigenvalue weighted by atomic mass is 9.84. The summed E-state index contributed by atoms with van der Waals surface area (Å²) in [5.74, 6) is 0.775. The van der Waals surface area contributed by atoms with Gasteiger partial charge < -0.3 is 10.5 Å². The monoisotopic (exact) mass is 246 g/mol. The fraction of sp³-hybridized carbons (Fsp3) is 0.429. The van der Waals surface area contributed by atoms with Gasteiger partial charge in [0.25, 0.3) is 0 Å². The van der Waals surface area contributed by atoms with Crippen molar-refractivity contribution in [2.75, 3.05) is 12.2 Å². The molecule has 1 aromatic rings. The van der Waals surface area contributed by atoms with Crippen LogP contribution in [0, 0.1) is 0 Å². The molecule has 1 aliphatic heterocycles. The highest BCUT2D eigenvalue weighted by Gasteiger charge is 2.31. The minimum Gasteiger partial charge on any atom is -0.497 e. The molecule has 4 heteroatoms. The summed E-state index contributed by atoms with van der Waals surface area (Å²) in [6, 6.07) is 5.52. The second kappa shape index (κ2) is 4.30. The molecule has 1 atom stereocenters. The largest absolute Gasteiger partial charge is 0.497 e. The summed E-state index contributed by atoms with van der Waals surface area (Å²) >= 11 is 0. The maximum absolute atomic E-state index is 10.3. The lowest BCUT2D eigenvalue weighted by Crippen LogP contribution is -2.32. The third kappa shape index (κ3) is 1.61. The van der Waals surface area contributed by atoms with Crippen LogP contribution in [0.25, 0.3) is 0 Å². The molecule has 3 N–H and O–H groups in total. The number of hydrogen-bond donors (Lipinski definition) is 2. The van der Waals surface area contributed by atoms with Crippen LogP contribution in [0.5, 0.6) is 5.75 Å². The van der Waals surface area contributed by atoms with Crippen LogP contribution in [0.3, 0.4) is 0 Å². The van der Waals surface area contributed by atoms with Crippen molar-refractivity contribution in [3.63, 3.8) is 0 Å². The van der Waals surface area contributed by atoms with Crippen LogP contribution in [0.2, 0.25) is 0 Å². The maximum atomic E-state index is 10.3. The summed E-state index contributed by atoms with van der Waals surface area (Å²) in [4.78, 5) is 0. The number of hydroxylamine groups is 1. The summed E-state index contributed by atoms with van der Waals surface area (Å²) < 4.78 is 5.23. The molecule has 0 saturated carbocycles. The Morgan fingerprint density at radius 2 is 2.11 bits per heavy atom. The predicted molar refractivity (Wildman–Crippen MR) is 69.7 cm³/mol. The fourth-order valence-electron chi connectivity index (χ4n) is 2.92. The first-order valence-electron chi connectivity index (χ1n) is 6.37. The first-order valence-corrected chi connectivity index (χ1v) is 6.37. The minimum atomic E-state index is -0.117. The zero-order valence-electron chi connectivity index (χ0n) is 10.5. The van der Waals surface area contributed by atoms with Gasteiger partial charge in [0, 0.05) is 11.3 Å². The quantitative estimate of drug-likeness (QED) is 0.800. The predicted octanol–water partition coefficient (Wildman–Crippen LogP) is 2.73.